The van der Waals surface area contributed by atoms with Gasteiger partial charge < -0.3 is 9.80 Å². The normalized spacial score (nSPS) is 14.0. The molecule has 0 unspecified atom stereocenters. The molecule has 0 spiro atoms. The topological polar surface area (TPSA) is 65.5 Å². The second-order valence-corrected chi connectivity index (χ2v) is 7.46. The number of anilines is 1. The molecular weight excluding hydrogens is 402 g/mol. The van der Waals surface area contributed by atoms with Gasteiger partial charge in [0.15, 0.2) is 0 Å². The fourth-order valence-electron chi connectivity index (χ4n) is 3.58. The highest BCUT2D eigenvalue weighted by molar-refractivity contribution is 5.88. The maximum atomic E-state index is 13.9. The first-order chi connectivity index (χ1) is 14.4. The molecule has 168 valence electrons. The zero-order valence-corrected chi connectivity index (χ0v) is 17.2. The van der Waals surface area contributed by atoms with Gasteiger partial charge in [0.1, 0.15) is 17.5 Å². The highest BCUT2D eigenvalue weighted by atomic mass is 19.1. The number of nitrogens with one attached hydrogen (secondary N) is 1. The number of aromatic nitrogens is 1. The summed E-state index contributed by atoms with van der Waals surface area (Å²) in [6.45, 7) is 3.28. The van der Waals surface area contributed by atoms with Crippen molar-refractivity contribution >= 4 is 17.8 Å². The second-order valence-electron chi connectivity index (χ2n) is 7.46. The molecule has 1 aromatic heterocycles. The highest BCUT2D eigenvalue weighted by Crippen LogP contribution is 2.24. The van der Waals surface area contributed by atoms with Crippen LogP contribution in [0.1, 0.15) is 40.0 Å². The molecule has 3 amide bonds. The summed E-state index contributed by atoms with van der Waals surface area (Å²) in [6.07, 6.45) is 4.24. The fraction of sp³-hybridized carbons (Fsp3) is 0.435. The van der Waals surface area contributed by atoms with Crippen LogP contribution in [-0.2, 0) is 4.79 Å². The smallest absolute Gasteiger partial charge is 0.323 e. The molecule has 2 heterocycles. The predicted octanol–water partition coefficient (Wildman–Crippen LogP) is 4.92. The van der Waals surface area contributed by atoms with E-state index in [4.69, 9.17) is 0 Å². The van der Waals surface area contributed by atoms with Crippen LogP contribution in [0.2, 0.25) is 0 Å². The number of likely N-dealkylation sites (tertiary alicyclic amines) is 1. The molecule has 0 aliphatic carbocycles. The maximum Gasteiger partial charge on any atom is 0.323 e. The van der Waals surface area contributed by atoms with E-state index in [1.54, 1.807) is 24.1 Å². The molecule has 0 radical (unpaired) electrons. The van der Waals surface area contributed by atoms with Crippen LogP contribution in [0.25, 0.3) is 11.1 Å². The van der Waals surface area contributed by atoms with E-state index in [9.17, 15) is 18.4 Å². The zero-order valence-electron chi connectivity index (χ0n) is 17.2. The first kappa shape index (κ1) is 24.2. The maximum absolute atomic E-state index is 13.9. The number of halogens is 2. The van der Waals surface area contributed by atoms with Crippen molar-refractivity contribution in [1.82, 2.24) is 14.8 Å². The van der Waals surface area contributed by atoms with Gasteiger partial charge in [-0.15, -0.1) is 0 Å². The standard InChI is InChI=1S/C22H26F2N4O2.CH4/c1-3-4-21(29)28-11-9-17(10-12-28)27(2)22(30)26-20-8-5-15(14-25-20)18-13-16(23)6-7-19(18)24;/h5-8,13-14,17H,3-4,9-12H2,1-2H3,(H,25,26,30);1H4. The van der Waals surface area contributed by atoms with Gasteiger partial charge in [-0.2, -0.15) is 0 Å². The largest absolute Gasteiger partial charge is 0.343 e. The van der Waals surface area contributed by atoms with Crippen molar-refractivity contribution in [1.29, 1.82) is 0 Å². The van der Waals surface area contributed by atoms with Crippen molar-refractivity contribution < 1.29 is 18.4 Å². The molecule has 6 nitrogen and oxygen atoms in total. The average Bonchev–Trinajstić information content (AvgIpc) is 2.76. The van der Waals surface area contributed by atoms with Gasteiger partial charge in [-0.3, -0.25) is 10.1 Å². The Balaban J connectivity index is 0.00000341. The molecule has 8 heteroatoms. The SMILES string of the molecule is C.CCCC(=O)N1CCC(N(C)C(=O)Nc2ccc(-c3cc(F)ccc3F)cn2)CC1. The number of hydrogen-bond donors (Lipinski definition) is 1. The number of carbonyl (C=O) groups excluding carboxylic acids is 2. The van der Waals surface area contributed by atoms with Gasteiger partial charge in [-0.1, -0.05) is 14.4 Å². The van der Waals surface area contributed by atoms with Gasteiger partial charge >= 0.3 is 6.03 Å². The van der Waals surface area contributed by atoms with E-state index in [0.29, 0.717) is 30.9 Å². The molecule has 1 aliphatic rings. The molecule has 2 aromatic rings. The molecule has 31 heavy (non-hydrogen) atoms. The summed E-state index contributed by atoms with van der Waals surface area (Å²) in [7, 11) is 1.72. The summed E-state index contributed by atoms with van der Waals surface area (Å²) in [6, 6.07) is 6.10. The Morgan fingerprint density at radius 3 is 2.52 bits per heavy atom. The van der Waals surface area contributed by atoms with E-state index in [1.165, 1.54) is 6.20 Å². The van der Waals surface area contributed by atoms with Crippen molar-refractivity contribution in [3.63, 3.8) is 0 Å². The monoisotopic (exact) mass is 432 g/mol. The number of pyridine rings is 1. The molecule has 1 saturated heterocycles. The van der Waals surface area contributed by atoms with Crippen molar-refractivity contribution in [2.75, 3.05) is 25.5 Å². The van der Waals surface area contributed by atoms with Gasteiger partial charge in [0, 0.05) is 49.9 Å². The minimum Gasteiger partial charge on any atom is -0.343 e. The quantitative estimate of drug-likeness (QED) is 0.730. The average molecular weight is 433 g/mol. The number of urea groups is 1. The van der Waals surface area contributed by atoms with Crippen molar-refractivity contribution in [2.24, 2.45) is 0 Å². The molecule has 0 atom stereocenters. The molecule has 3 rings (SSSR count). The van der Waals surface area contributed by atoms with Crippen LogP contribution >= 0.6 is 0 Å². The van der Waals surface area contributed by atoms with E-state index in [1.807, 2.05) is 11.8 Å². The summed E-state index contributed by atoms with van der Waals surface area (Å²) in [4.78, 5) is 32.2. The van der Waals surface area contributed by atoms with Crippen molar-refractivity contribution in [3.8, 4) is 11.1 Å². The Kier molecular flexibility index (Phi) is 8.47. The Morgan fingerprint density at radius 2 is 1.90 bits per heavy atom. The lowest BCUT2D eigenvalue weighted by Gasteiger charge is -2.36. The number of benzene rings is 1. The third-order valence-corrected chi connectivity index (χ3v) is 5.39. The van der Waals surface area contributed by atoms with E-state index >= 15 is 0 Å². The minimum atomic E-state index is -0.543. The summed E-state index contributed by atoms with van der Waals surface area (Å²) in [5.41, 5.74) is 0.532. The van der Waals surface area contributed by atoms with Gasteiger partial charge in [0.2, 0.25) is 5.91 Å². The Morgan fingerprint density at radius 1 is 1.19 bits per heavy atom. The van der Waals surface area contributed by atoms with Gasteiger partial charge in [0.25, 0.3) is 0 Å². The fourth-order valence-corrected chi connectivity index (χ4v) is 3.58. The molecule has 1 aromatic carbocycles. The van der Waals surface area contributed by atoms with Crippen molar-refractivity contribution in [3.05, 3.63) is 48.2 Å². The predicted molar refractivity (Wildman–Crippen MR) is 118 cm³/mol. The highest BCUT2D eigenvalue weighted by Gasteiger charge is 2.27. The summed E-state index contributed by atoms with van der Waals surface area (Å²) in [5, 5.41) is 2.73. The van der Waals surface area contributed by atoms with Crippen LogP contribution in [0.15, 0.2) is 36.5 Å². The Bertz CT molecular complexity index is 897. The van der Waals surface area contributed by atoms with Crippen LogP contribution in [-0.4, -0.2) is 52.9 Å². The van der Waals surface area contributed by atoms with E-state index in [-0.39, 0.29) is 31.0 Å². The Hall–Kier alpha value is -3.03. The molecule has 0 bridgehead atoms. The second kappa shape index (κ2) is 10.8. The summed E-state index contributed by atoms with van der Waals surface area (Å²) >= 11 is 0. The minimum absolute atomic E-state index is 0. The van der Waals surface area contributed by atoms with Crippen LogP contribution in [0, 0.1) is 11.6 Å². The van der Waals surface area contributed by atoms with Gasteiger partial charge in [-0.25, -0.2) is 18.6 Å². The number of amides is 3. The number of piperidine rings is 1. The van der Waals surface area contributed by atoms with Gasteiger partial charge in [-0.05, 0) is 49.6 Å². The molecule has 1 fully saturated rings. The van der Waals surface area contributed by atoms with E-state index in [0.717, 1.165) is 37.5 Å². The number of hydrogen-bond acceptors (Lipinski definition) is 3. The lowest BCUT2D eigenvalue weighted by atomic mass is 10.0. The van der Waals surface area contributed by atoms with Crippen LogP contribution in [0.5, 0.6) is 0 Å². The molecule has 0 saturated carbocycles. The zero-order chi connectivity index (χ0) is 21.7. The first-order valence-electron chi connectivity index (χ1n) is 10.1. The molecule has 1 N–H and O–H groups in total. The van der Waals surface area contributed by atoms with E-state index < -0.39 is 11.6 Å². The number of rotatable bonds is 5. The lowest BCUT2D eigenvalue weighted by molar-refractivity contribution is -0.132. The van der Waals surface area contributed by atoms with Crippen LogP contribution in [0.4, 0.5) is 19.4 Å². The third-order valence-electron chi connectivity index (χ3n) is 5.39. The summed E-state index contributed by atoms with van der Waals surface area (Å²) in [5.74, 6) is -0.587. The lowest BCUT2D eigenvalue weighted by Crippen LogP contribution is -2.48. The van der Waals surface area contributed by atoms with Crippen LogP contribution in [0.3, 0.4) is 0 Å². The molecular formula is C23H30F2N4O2. The van der Waals surface area contributed by atoms with Crippen LogP contribution < -0.4 is 5.32 Å². The molecule has 1 aliphatic heterocycles. The van der Waals surface area contributed by atoms with Gasteiger partial charge in [0.05, 0.1) is 0 Å². The number of carbonyl (C=O) groups is 2. The van der Waals surface area contributed by atoms with E-state index in [2.05, 4.69) is 10.3 Å². The third kappa shape index (κ3) is 5.99. The van der Waals surface area contributed by atoms with Crippen molar-refractivity contribution in [2.45, 2.75) is 46.1 Å². The number of nitrogens with zero attached hydrogens (tertiary/aromatic N) is 3. The Labute approximate surface area is 182 Å². The summed E-state index contributed by atoms with van der Waals surface area (Å²) < 4.78 is 27.3. The first-order valence-corrected chi connectivity index (χ1v) is 10.1.